The highest BCUT2D eigenvalue weighted by atomic mass is 16.4. The monoisotopic (exact) mass is 415 g/mol. The van der Waals surface area contributed by atoms with Gasteiger partial charge in [-0.25, -0.2) is 0 Å². The van der Waals surface area contributed by atoms with Gasteiger partial charge in [-0.15, -0.1) is 0 Å². The third-order valence-corrected chi connectivity index (χ3v) is 6.60. The fourth-order valence-electron chi connectivity index (χ4n) is 4.63. The quantitative estimate of drug-likeness (QED) is 0.648. The van der Waals surface area contributed by atoms with Crippen LogP contribution >= 0.6 is 0 Å². The van der Waals surface area contributed by atoms with Crippen molar-refractivity contribution in [3.05, 3.63) is 35.5 Å². The van der Waals surface area contributed by atoms with E-state index in [4.69, 9.17) is 5.11 Å². The smallest absolute Gasteiger partial charge is 0.320 e. The highest BCUT2D eigenvalue weighted by molar-refractivity contribution is 6.19. The molecule has 2 N–H and O–H groups in total. The maximum Gasteiger partial charge on any atom is 0.320 e. The summed E-state index contributed by atoms with van der Waals surface area (Å²) in [6, 6.07) is -0.529. The molecule has 1 aliphatic carbocycles. The topological polar surface area (TPSA) is 90.0 Å². The number of carbonyl (C=O) groups is 3. The number of likely N-dealkylation sites (tertiary alicyclic amines) is 1. The largest absolute Gasteiger partial charge is 0.480 e. The van der Waals surface area contributed by atoms with Crippen LogP contribution in [0.5, 0.6) is 0 Å². The molecule has 3 rings (SSSR count). The molecular formula is C23H33N3O4. The molecule has 0 radical (unpaired) electrons. The molecule has 0 saturated carbocycles. The zero-order valence-electron chi connectivity index (χ0n) is 18.3. The minimum atomic E-state index is -0.806. The van der Waals surface area contributed by atoms with E-state index < -0.39 is 12.0 Å². The normalized spacial score (nSPS) is 26.2. The molecule has 1 fully saturated rings. The lowest BCUT2D eigenvalue weighted by molar-refractivity contribution is -0.143. The van der Waals surface area contributed by atoms with E-state index in [1.165, 1.54) is 0 Å². The van der Waals surface area contributed by atoms with Crippen LogP contribution in [0.15, 0.2) is 35.5 Å². The highest BCUT2D eigenvalue weighted by Crippen LogP contribution is 2.33. The van der Waals surface area contributed by atoms with Gasteiger partial charge in [-0.1, -0.05) is 29.9 Å². The third-order valence-electron chi connectivity index (χ3n) is 6.60. The number of allylic oxidation sites excluding steroid dienone is 2. The standard InChI is InChI=1S/C23H33N3O4/c1-14(2)26-20-7-5-6-15(3)18(20)12-19(22(26)28)21(27)24-13-17-8-10-25(11-9-17)16(4)23(29)30/h5-7,12,14,16-18,20H,8-11,13H2,1-4H3,(H,24,27)(H,29,30). The van der Waals surface area contributed by atoms with Gasteiger partial charge in [0.1, 0.15) is 11.6 Å². The number of nitrogens with zero attached hydrogens (tertiary/aromatic N) is 2. The summed E-state index contributed by atoms with van der Waals surface area (Å²) in [7, 11) is 0. The summed E-state index contributed by atoms with van der Waals surface area (Å²) >= 11 is 0. The summed E-state index contributed by atoms with van der Waals surface area (Å²) in [5.41, 5.74) is 1.37. The Kier molecular flexibility index (Phi) is 6.81. The molecule has 2 amide bonds. The van der Waals surface area contributed by atoms with Gasteiger partial charge in [-0.05, 0) is 59.5 Å². The van der Waals surface area contributed by atoms with Gasteiger partial charge in [0, 0.05) is 18.5 Å². The second-order valence-electron chi connectivity index (χ2n) is 8.90. The first-order valence-electron chi connectivity index (χ1n) is 10.8. The van der Waals surface area contributed by atoms with Crippen LogP contribution in [0, 0.1) is 11.8 Å². The average molecular weight is 416 g/mol. The van der Waals surface area contributed by atoms with E-state index in [0.717, 1.165) is 18.4 Å². The van der Waals surface area contributed by atoms with Crippen LogP contribution in [0.2, 0.25) is 0 Å². The Balaban J connectivity index is 1.62. The lowest BCUT2D eigenvalue weighted by atomic mass is 9.81. The Bertz CT molecular complexity index is 790. The zero-order valence-corrected chi connectivity index (χ0v) is 18.3. The molecule has 7 heteroatoms. The molecule has 0 bridgehead atoms. The van der Waals surface area contributed by atoms with Crippen LogP contribution in [0.3, 0.4) is 0 Å². The molecule has 3 unspecified atom stereocenters. The number of amides is 2. The second kappa shape index (κ2) is 9.16. The summed E-state index contributed by atoms with van der Waals surface area (Å²) in [4.78, 5) is 40.9. The molecule has 3 atom stereocenters. The predicted molar refractivity (Wildman–Crippen MR) is 115 cm³/mol. The van der Waals surface area contributed by atoms with Crippen LogP contribution in [0.25, 0.3) is 0 Å². The first kappa shape index (κ1) is 22.3. The van der Waals surface area contributed by atoms with Crippen molar-refractivity contribution >= 4 is 17.8 Å². The Hall–Kier alpha value is -2.41. The molecule has 0 spiro atoms. The zero-order chi connectivity index (χ0) is 22.0. The summed E-state index contributed by atoms with van der Waals surface area (Å²) in [6.07, 6.45) is 9.55. The lowest BCUT2D eigenvalue weighted by Crippen LogP contribution is -2.53. The maximum absolute atomic E-state index is 13.1. The highest BCUT2D eigenvalue weighted by Gasteiger charge is 2.40. The van der Waals surface area contributed by atoms with Crippen molar-refractivity contribution in [3.8, 4) is 0 Å². The summed E-state index contributed by atoms with van der Waals surface area (Å²) in [5.74, 6) is -1.02. The molecule has 164 valence electrons. The van der Waals surface area contributed by atoms with E-state index in [2.05, 4.69) is 5.32 Å². The van der Waals surface area contributed by atoms with Gasteiger partial charge in [0.05, 0.1) is 6.04 Å². The Labute approximate surface area is 178 Å². The van der Waals surface area contributed by atoms with E-state index in [-0.39, 0.29) is 35.4 Å². The van der Waals surface area contributed by atoms with Crippen LogP contribution in [-0.4, -0.2) is 70.4 Å². The summed E-state index contributed by atoms with van der Waals surface area (Å²) < 4.78 is 0. The van der Waals surface area contributed by atoms with Crippen molar-refractivity contribution in [3.63, 3.8) is 0 Å². The Morgan fingerprint density at radius 1 is 1.23 bits per heavy atom. The van der Waals surface area contributed by atoms with E-state index in [1.807, 2.05) is 50.0 Å². The Morgan fingerprint density at radius 2 is 1.90 bits per heavy atom. The summed E-state index contributed by atoms with van der Waals surface area (Å²) in [6.45, 7) is 9.60. The maximum atomic E-state index is 13.1. The number of hydrogen-bond donors (Lipinski definition) is 2. The minimum absolute atomic E-state index is 0.00222. The van der Waals surface area contributed by atoms with E-state index in [9.17, 15) is 14.4 Å². The number of piperidine rings is 1. The molecular weight excluding hydrogens is 382 g/mol. The molecule has 1 saturated heterocycles. The molecule has 0 aromatic rings. The number of nitrogens with one attached hydrogen (secondary N) is 1. The second-order valence-corrected chi connectivity index (χ2v) is 8.90. The van der Waals surface area contributed by atoms with Crippen molar-refractivity contribution in [2.75, 3.05) is 19.6 Å². The van der Waals surface area contributed by atoms with Crippen molar-refractivity contribution in [2.45, 2.75) is 58.7 Å². The lowest BCUT2D eigenvalue weighted by Gasteiger charge is -2.42. The molecule has 0 aromatic heterocycles. The van der Waals surface area contributed by atoms with Crippen molar-refractivity contribution < 1.29 is 19.5 Å². The number of aliphatic carboxylic acids is 1. The van der Waals surface area contributed by atoms with Crippen molar-refractivity contribution in [1.82, 2.24) is 15.1 Å². The fraction of sp³-hybridized carbons (Fsp3) is 0.609. The van der Waals surface area contributed by atoms with E-state index >= 15 is 0 Å². The molecule has 0 aromatic carbocycles. The number of fused-ring (bicyclic) bond motifs is 1. The number of carboxylic acid groups (broad SMARTS) is 1. The van der Waals surface area contributed by atoms with Crippen LogP contribution in [-0.2, 0) is 14.4 Å². The first-order valence-corrected chi connectivity index (χ1v) is 10.8. The first-order chi connectivity index (χ1) is 14.2. The van der Waals surface area contributed by atoms with Crippen LogP contribution in [0.1, 0.15) is 40.5 Å². The van der Waals surface area contributed by atoms with Gasteiger partial charge in [0.15, 0.2) is 0 Å². The number of carbonyl (C=O) groups excluding carboxylic acids is 2. The number of hydrogen-bond acceptors (Lipinski definition) is 4. The van der Waals surface area contributed by atoms with Gasteiger partial charge in [-0.2, -0.15) is 0 Å². The Morgan fingerprint density at radius 3 is 2.50 bits per heavy atom. The van der Waals surface area contributed by atoms with E-state index in [0.29, 0.717) is 25.6 Å². The van der Waals surface area contributed by atoms with Crippen molar-refractivity contribution in [2.24, 2.45) is 11.8 Å². The molecule has 3 aliphatic rings. The van der Waals surface area contributed by atoms with E-state index in [1.54, 1.807) is 11.8 Å². The van der Waals surface area contributed by atoms with Gasteiger partial charge < -0.3 is 15.3 Å². The molecule has 7 nitrogen and oxygen atoms in total. The van der Waals surface area contributed by atoms with Gasteiger partial charge in [0.25, 0.3) is 11.8 Å². The van der Waals surface area contributed by atoms with Gasteiger partial charge in [-0.3, -0.25) is 19.3 Å². The number of rotatable bonds is 6. The van der Waals surface area contributed by atoms with Gasteiger partial charge >= 0.3 is 5.97 Å². The third kappa shape index (κ3) is 4.51. The van der Waals surface area contributed by atoms with Gasteiger partial charge in [0.2, 0.25) is 0 Å². The molecule has 2 heterocycles. The van der Waals surface area contributed by atoms with Crippen molar-refractivity contribution in [1.29, 1.82) is 0 Å². The molecule has 2 aliphatic heterocycles. The number of carboxylic acids is 1. The minimum Gasteiger partial charge on any atom is -0.480 e. The predicted octanol–water partition coefficient (Wildman–Crippen LogP) is 1.97. The SMILES string of the molecule is CC1=CC=CC2C1C=C(C(=O)NCC1CCN(C(C)C(=O)O)CC1)C(=O)N2C(C)C. The molecule has 30 heavy (non-hydrogen) atoms. The van der Waals surface area contributed by atoms with Crippen LogP contribution < -0.4 is 5.32 Å². The van der Waals surface area contributed by atoms with Crippen LogP contribution in [0.4, 0.5) is 0 Å². The fourth-order valence-corrected chi connectivity index (χ4v) is 4.63. The average Bonchev–Trinajstić information content (AvgIpc) is 2.71. The summed E-state index contributed by atoms with van der Waals surface area (Å²) in [5, 5.41) is 12.1.